The van der Waals surface area contributed by atoms with E-state index in [1.54, 1.807) is 0 Å². The lowest BCUT2D eigenvalue weighted by atomic mass is 9.78. The Labute approximate surface area is 193 Å². The molecule has 33 heavy (non-hydrogen) atoms. The van der Waals surface area contributed by atoms with Crippen molar-refractivity contribution in [3.63, 3.8) is 0 Å². The third-order valence-electron chi connectivity index (χ3n) is 6.88. The zero-order valence-corrected chi connectivity index (χ0v) is 18.1. The molecule has 0 spiro atoms. The molecule has 0 aliphatic heterocycles. The molecule has 1 atom stereocenters. The van der Waals surface area contributed by atoms with Gasteiger partial charge in [0, 0.05) is 28.4 Å². The van der Waals surface area contributed by atoms with E-state index in [0.29, 0.717) is 11.5 Å². The SMILES string of the molecule is N#CC1=CC=C(N(c2ccc(C#N)cc2)c2ccc3ccc4c5c3c2C=CC5CC=C4)CC1. The first kappa shape index (κ1) is 19.4. The third-order valence-corrected chi connectivity index (χ3v) is 6.88. The Hall–Kier alpha value is -4.34. The predicted molar refractivity (Wildman–Crippen MR) is 134 cm³/mol. The molecule has 3 aromatic carbocycles. The molecule has 0 fully saturated rings. The number of hydrogen-bond acceptors (Lipinski definition) is 3. The summed E-state index contributed by atoms with van der Waals surface area (Å²) in [5.41, 5.74) is 8.72. The lowest BCUT2D eigenvalue weighted by Gasteiger charge is -2.33. The summed E-state index contributed by atoms with van der Waals surface area (Å²) in [5, 5.41) is 21.2. The van der Waals surface area contributed by atoms with Gasteiger partial charge in [0.25, 0.3) is 0 Å². The molecular formula is C30H21N3. The second-order valence-electron chi connectivity index (χ2n) is 8.72. The standard InChI is InChI=1S/C30H21N3/c31-18-20-4-12-25(13-5-20)33(26-14-6-21(19-32)7-15-26)28-17-11-24-9-8-22-2-1-3-23-10-16-27(28)30(24)29(22)23/h1-2,4-6,8-14,16-17,23H,3,7,15H2. The zero-order valence-electron chi connectivity index (χ0n) is 18.1. The van der Waals surface area contributed by atoms with Gasteiger partial charge >= 0.3 is 0 Å². The van der Waals surface area contributed by atoms with Crippen LogP contribution in [0.15, 0.2) is 84.1 Å². The van der Waals surface area contributed by atoms with E-state index in [-0.39, 0.29) is 0 Å². The molecule has 3 aliphatic carbocycles. The molecule has 6 rings (SSSR count). The van der Waals surface area contributed by atoms with E-state index in [1.807, 2.05) is 30.3 Å². The van der Waals surface area contributed by atoms with Crippen LogP contribution in [0.5, 0.6) is 0 Å². The number of benzene rings is 3. The number of nitriles is 2. The van der Waals surface area contributed by atoms with Crippen molar-refractivity contribution in [1.29, 1.82) is 10.5 Å². The molecule has 3 heteroatoms. The molecule has 3 aliphatic rings. The molecule has 0 N–H and O–H groups in total. The number of rotatable bonds is 3. The lowest BCUT2D eigenvalue weighted by molar-refractivity contribution is 0.860. The maximum Gasteiger partial charge on any atom is 0.0991 e. The summed E-state index contributed by atoms with van der Waals surface area (Å²) in [5.74, 6) is 0.426. The molecule has 0 saturated carbocycles. The molecule has 0 radical (unpaired) electrons. The minimum absolute atomic E-state index is 0.426. The van der Waals surface area contributed by atoms with Crippen LogP contribution in [0, 0.1) is 22.7 Å². The highest BCUT2D eigenvalue weighted by Crippen LogP contribution is 2.46. The van der Waals surface area contributed by atoms with Gasteiger partial charge in [-0.05, 0) is 83.6 Å². The van der Waals surface area contributed by atoms with Crippen LogP contribution in [0.25, 0.3) is 22.9 Å². The maximum absolute atomic E-state index is 9.32. The lowest BCUT2D eigenvalue weighted by Crippen LogP contribution is -2.20. The van der Waals surface area contributed by atoms with E-state index in [9.17, 15) is 10.5 Å². The topological polar surface area (TPSA) is 50.8 Å². The van der Waals surface area contributed by atoms with Crippen LogP contribution in [-0.4, -0.2) is 0 Å². The predicted octanol–water partition coefficient (Wildman–Crippen LogP) is 7.50. The van der Waals surface area contributed by atoms with Crippen molar-refractivity contribution in [2.24, 2.45) is 0 Å². The Bertz CT molecular complexity index is 1500. The van der Waals surface area contributed by atoms with Gasteiger partial charge in [0.15, 0.2) is 0 Å². The Balaban J connectivity index is 1.60. The minimum Gasteiger partial charge on any atom is -0.314 e. The first-order chi connectivity index (χ1) is 16.3. The van der Waals surface area contributed by atoms with Gasteiger partial charge in [0.2, 0.25) is 0 Å². The quantitative estimate of drug-likeness (QED) is 0.438. The molecule has 3 aromatic rings. The normalized spacial score (nSPS) is 17.7. The highest BCUT2D eigenvalue weighted by atomic mass is 15.2. The largest absolute Gasteiger partial charge is 0.314 e. The number of anilines is 2. The van der Waals surface area contributed by atoms with Gasteiger partial charge in [-0.2, -0.15) is 10.5 Å². The fraction of sp³-hybridized carbons (Fsp3) is 0.133. The molecule has 156 valence electrons. The average Bonchev–Trinajstić information content (AvgIpc) is 2.89. The van der Waals surface area contributed by atoms with E-state index < -0.39 is 0 Å². The fourth-order valence-corrected chi connectivity index (χ4v) is 5.28. The van der Waals surface area contributed by atoms with E-state index >= 15 is 0 Å². The molecule has 3 nitrogen and oxygen atoms in total. The smallest absolute Gasteiger partial charge is 0.0991 e. The third kappa shape index (κ3) is 3.10. The molecule has 0 saturated heterocycles. The highest BCUT2D eigenvalue weighted by Gasteiger charge is 2.26. The van der Waals surface area contributed by atoms with E-state index in [1.165, 1.54) is 27.5 Å². The van der Waals surface area contributed by atoms with Gasteiger partial charge in [0.1, 0.15) is 0 Å². The van der Waals surface area contributed by atoms with Gasteiger partial charge in [-0.1, -0.05) is 42.5 Å². The van der Waals surface area contributed by atoms with Crippen LogP contribution >= 0.6 is 0 Å². The van der Waals surface area contributed by atoms with Crippen molar-refractivity contribution in [3.8, 4) is 12.1 Å². The van der Waals surface area contributed by atoms with Gasteiger partial charge < -0.3 is 4.90 Å². The van der Waals surface area contributed by atoms with Crippen molar-refractivity contribution >= 4 is 34.3 Å². The van der Waals surface area contributed by atoms with E-state index in [4.69, 9.17) is 0 Å². The average molecular weight is 424 g/mol. The second-order valence-corrected chi connectivity index (χ2v) is 8.72. The van der Waals surface area contributed by atoms with Crippen molar-refractivity contribution < 1.29 is 0 Å². The fourth-order valence-electron chi connectivity index (χ4n) is 5.28. The number of allylic oxidation sites excluding steroid dienone is 6. The first-order valence-electron chi connectivity index (χ1n) is 11.3. The summed E-state index contributed by atoms with van der Waals surface area (Å²) in [6, 6.07) is 21.2. The minimum atomic E-state index is 0.426. The Kier molecular flexibility index (Phi) is 4.49. The molecular weight excluding hydrogens is 402 g/mol. The van der Waals surface area contributed by atoms with E-state index in [0.717, 1.165) is 41.9 Å². The monoisotopic (exact) mass is 423 g/mol. The van der Waals surface area contributed by atoms with Gasteiger partial charge in [-0.3, -0.25) is 0 Å². The number of hydrogen-bond donors (Lipinski definition) is 0. The summed E-state index contributed by atoms with van der Waals surface area (Å²) < 4.78 is 0. The van der Waals surface area contributed by atoms with Crippen LogP contribution in [0.3, 0.4) is 0 Å². The Morgan fingerprint density at radius 3 is 2.45 bits per heavy atom. The maximum atomic E-state index is 9.32. The first-order valence-corrected chi connectivity index (χ1v) is 11.3. The van der Waals surface area contributed by atoms with E-state index in [2.05, 4.69) is 71.7 Å². The molecule has 0 amide bonds. The Morgan fingerprint density at radius 1 is 0.848 bits per heavy atom. The van der Waals surface area contributed by atoms with Crippen LogP contribution in [-0.2, 0) is 0 Å². The molecule has 1 unspecified atom stereocenters. The van der Waals surface area contributed by atoms with Crippen molar-refractivity contribution in [2.75, 3.05) is 4.90 Å². The highest BCUT2D eigenvalue weighted by molar-refractivity contribution is 6.03. The molecule has 0 bridgehead atoms. The van der Waals surface area contributed by atoms with Gasteiger partial charge in [-0.25, -0.2) is 0 Å². The van der Waals surface area contributed by atoms with Gasteiger partial charge in [-0.15, -0.1) is 0 Å². The summed E-state index contributed by atoms with van der Waals surface area (Å²) in [7, 11) is 0. The zero-order chi connectivity index (χ0) is 22.4. The van der Waals surface area contributed by atoms with Crippen molar-refractivity contribution in [3.05, 3.63) is 106 Å². The second kappa shape index (κ2) is 7.66. The summed E-state index contributed by atoms with van der Waals surface area (Å²) in [4.78, 5) is 2.29. The van der Waals surface area contributed by atoms with Crippen LogP contribution in [0.2, 0.25) is 0 Å². The molecule has 0 heterocycles. The van der Waals surface area contributed by atoms with Crippen LogP contribution in [0.4, 0.5) is 11.4 Å². The summed E-state index contributed by atoms with van der Waals surface area (Å²) >= 11 is 0. The van der Waals surface area contributed by atoms with Crippen LogP contribution in [0.1, 0.15) is 47.4 Å². The molecule has 0 aromatic heterocycles. The van der Waals surface area contributed by atoms with Crippen molar-refractivity contribution in [1.82, 2.24) is 0 Å². The summed E-state index contributed by atoms with van der Waals surface area (Å²) in [6.07, 6.45) is 15.7. The summed E-state index contributed by atoms with van der Waals surface area (Å²) in [6.45, 7) is 0. The van der Waals surface area contributed by atoms with Crippen molar-refractivity contribution in [2.45, 2.75) is 25.2 Å². The van der Waals surface area contributed by atoms with Gasteiger partial charge in [0.05, 0.1) is 23.4 Å². The van der Waals surface area contributed by atoms with Crippen LogP contribution < -0.4 is 4.90 Å². The Morgan fingerprint density at radius 2 is 1.70 bits per heavy atom. The number of nitrogens with zero attached hydrogens (tertiary/aromatic N) is 3.